The highest BCUT2D eigenvalue weighted by Gasteiger charge is 2.44. The van der Waals surface area contributed by atoms with Crippen molar-refractivity contribution in [2.45, 2.75) is 46.0 Å². The van der Waals surface area contributed by atoms with Gasteiger partial charge in [0, 0.05) is 12.0 Å². The molecule has 1 aliphatic rings. The van der Waals surface area contributed by atoms with Crippen LogP contribution < -0.4 is 4.74 Å². The Balaban J connectivity index is 1.32. The first-order valence-corrected chi connectivity index (χ1v) is 10.4. The molecule has 1 heterocycles. The van der Waals surface area contributed by atoms with Crippen molar-refractivity contribution in [3.05, 3.63) is 71.1 Å². The summed E-state index contributed by atoms with van der Waals surface area (Å²) >= 11 is 0. The van der Waals surface area contributed by atoms with Crippen LogP contribution in [0, 0.1) is 19.3 Å². The summed E-state index contributed by atoms with van der Waals surface area (Å²) in [5.41, 5.74) is 3.54. The van der Waals surface area contributed by atoms with Gasteiger partial charge in [0.2, 0.25) is 5.89 Å². The molecule has 0 aliphatic heterocycles. The summed E-state index contributed by atoms with van der Waals surface area (Å²) in [5, 5.41) is 9.49. The van der Waals surface area contributed by atoms with E-state index in [1.165, 1.54) is 5.56 Å². The SMILES string of the molecule is Cc1ccc(-c2nc(CCOc3ccc(CC4(C(=O)O)CCC4)cc3)c(C)o2)cc1. The lowest BCUT2D eigenvalue weighted by atomic mass is 9.65. The highest BCUT2D eigenvalue weighted by molar-refractivity contribution is 5.76. The number of carboxylic acid groups (broad SMARTS) is 1. The minimum atomic E-state index is -0.679. The molecule has 4 rings (SSSR count). The second-order valence-electron chi connectivity index (χ2n) is 8.25. The maximum atomic E-state index is 11.5. The van der Waals surface area contributed by atoms with E-state index in [9.17, 15) is 9.90 Å². The molecular formula is C25H27NO4. The summed E-state index contributed by atoms with van der Waals surface area (Å²) in [6.45, 7) is 4.48. The number of oxazole rings is 1. The molecule has 1 N–H and O–H groups in total. The monoisotopic (exact) mass is 405 g/mol. The molecule has 1 saturated carbocycles. The molecule has 156 valence electrons. The van der Waals surface area contributed by atoms with E-state index in [1.54, 1.807) is 0 Å². The number of nitrogens with zero attached hydrogens (tertiary/aromatic N) is 1. The molecule has 0 unspecified atom stereocenters. The van der Waals surface area contributed by atoms with E-state index < -0.39 is 11.4 Å². The Bertz CT molecular complexity index is 1010. The minimum Gasteiger partial charge on any atom is -0.493 e. The van der Waals surface area contributed by atoms with E-state index in [0.29, 0.717) is 25.3 Å². The van der Waals surface area contributed by atoms with Gasteiger partial charge in [-0.05, 0) is 62.9 Å². The number of carbonyl (C=O) groups is 1. The van der Waals surface area contributed by atoms with Gasteiger partial charge < -0.3 is 14.3 Å². The van der Waals surface area contributed by atoms with Crippen molar-refractivity contribution in [1.29, 1.82) is 0 Å². The van der Waals surface area contributed by atoms with Crippen LogP contribution in [-0.4, -0.2) is 22.7 Å². The predicted octanol–water partition coefficient (Wildman–Crippen LogP) is 5.38. The third-order valence-corrected chi connectivity index (χ3v) is 6.03. The summed E-state index contributed by atoms with van der Waals surface area (Å²) < 4.78 is 11.7. The van der Waals surface area contributed by atoms with Crippen molar-refractivity contribution in [3.63, 3.8) is 0 Å². The third kappa shape index (κ3) is 4.25. The lowest BCUT2D eigenvalue weighted by molar-refractivity contribution is -0.154. The van der Waals surface area contributed by atoms with Gasteiger partial charge in [0.05, 0.1) is 17.7 Å². The van der Waals surface area contributed by atoms with Crippen molar-refractivity contribution < 1.29 is 19.1 Å². The van der Waals surface area contributed by atoms with E-state index >= 15 is 0 Å². The number of ether oxygens (including phenoxy) is 1. The quantitative estimate of drug-likeness (QED) is 0.545. The molecule has 2 aromatic carbocycles. The van der Waals surface area contributed by atoms with Gasteiger partial charge in [-0.15, -0.1) is 0 Å². The lowest BCUT2D eigenvalue weighted by Crippen LogP contribution is -2.39. The number of hydrogen-bond acceptors (Lipinski definition) is 4. The third-order valence-electron chi connectivity index (χ3n) is 6.03. The van der Waals surface area contributed by atoms with E-state index in [-0.39, 0.29) is 0 Å². The smallest absolute Gasteiger partial charge is 0.309 e. The van der Waals surface area contributed by atoms with Crippen LogP contribution in [0.5, 0.6) is 5.75 Å². The Morgan fingerprint density at radius 2 is 1.80 bits per heavy atom. The van der Waals surface area contributed by atoms with Gasteiger partial charge in [0.25, 0.3) is 0 Å². The molecule has 0 radical (unpaired) electrons. The van der Waals surface area contributed by atoms with Crippen molar-refractivity contribution in [3.8, 4) is 17.2 Å². The Labute approximate surface area is 176 Å². The molecule has 0 atom stereocenters. The van der Waals surface area contributed by atoms with Crippen LogP contribution in [0.3, 0.4) is 0 Å². The van der Waals surface area contributed by atoms with Gasteiger partial charge in [-0.2, -0.15) is 0 Å². The average Bonchev–Trinajstić information content (AvgIpc) is 3.07. The Morgan fingerprint density at radius 3 is 2.40 bits per heavy atom. The fourth-order valence-electron chi connectivity index (χ4n) is 3.91. The first kappa shape index (κ1) is 20.2. The molecular weight excluding hydrogens is 378 g/mol. The molecule has 0 bridgehead atoms. The number of aliphatic carboxylic acids is 1. The molecule has 5 nitrogen and oxygen atoms in total. The van der Waals surface area contributed by atoms with Crippen LogP contribution in [0.25, 0.3) is 11.5 Å². The van der Waals surface area contributed by atoms with Gasteiger partial charge in [-0.1, -0.05) is 36.2 Å². The van der Waals surface area contributed by atoms with Crippen LogP contribution in [-0.2, 0) is 17.6 Å². The number of carboxylic acids is 1. The zero-order chi connectivity index (χ0) is 21.1. The summed E-state index contributed by atoms with van der Waals surface area (Å²) in [6.07, 6.45) is 3.78. The van der Waals surface area contributed by atoms with Gasteiger partial charge in [-0.25, -0.2) is 4.98 Å². The zero-order valence-corrected chi connectivity index (χ0v) is 17.5. The molecule has 0 spiro atoms. The molecule has 0 saturated heterocycles. The summed E-state index contributed by atoms with van der Waals surface area (Å²) in [4.78, 5) is 16.2. The van der Waals surface area contributed by atoms with Crippen molar-refractivity contribution >= 4 is 5.97 Å². The number of aromatic nitrogens is 1. The van der Waals surface area contributed by atoms with E-state index in [1.807, 2.05) is 55.5 Å². The Morgan fingerprint density at radius 1 is 1.10 bits per heavy atom. The highest BCUT2D eigenvalue weighted by Crippen LogP contribution is 2.44. The second kappa shape index (κ2) is 8.34. The lowest BCUT2D eigenvalue weighted by Gasteiger charge is -2.37. The van der Waals surface area contributed by atoms with Crippen LogP contribution in [0.15, 0.2) is 52.9 Å². The zero-order valence-electron chi connectivity index (χ0n) is 17.5. The second-order valence-corrected chi connectivity index (χ2v) is 8.25. The number of rotatable bonds is 8. The molecule has 1 aliphatic carbocycles. The molecule has 3 aromatic rings. The van der Waals surface area contributed by atoms with Gasteiger partial charge >= 0.3 is 5.97 Å². The molecule has 1 aromatic heterocycles. The standard InChI is InChI=1S/C25H27NO4/c1-17-4-8-20(9-5-17)23-26-22(18(2)30-23)12-15-29-21-10-6-19(7-11-21)16-25(24(27)28)13-3-14-25/h4-11H,3,12-16H2,1-2H3,(H,27,28). The largest absolute Gasteiger partial charge is 0.493 e. The first-order valence-electron chi connectivity index (χ1n) is 10.4. The average molecular weight is 405 g/mol. The van der Waals surface area contributed by atoms with Crippen LogP contribution in [0.2, 0.25) is 0 Å². The number of hydrogen-bond donors (Lipinski definition) is 1. The van der Waals surface area contributed by atoms with Crippen molar-refractivity contribution in [2.75, 3.05) is 6.61 Å². The molecule has 1 fully saturated rings. The Kier molecular flexibility index (Phi) is 5.62. The van der Waals surface area contributed by atoms with E-state index in [0.717, 1.165) is 47.6 Å². The molecule has 5 heteroatoms. The number of benzene rings is 2. The maximum Gasteiger partial charge on any atom is 0.309 e. The van der Waals surface area contributed by atoms with E-state index in [2.05, 4.69) is 11.9 Å². The van der Waals surface area contributed by atoms with Crippen LogP contribution >= 0.6 is 0 Å². The fourth-order valence-corrected chi connectivity index (χ4v) is 3.91. The van der Waals surface area contributed by atoms with Crippen LogP contribution in [0.4, 0.5) is 0 Å². The summed E-state index contributed by atoms with van der Waals surface area (Å²) in [6, 6.07) is 15.9. The highest BCUT2D eigenvalue weighted by atomic mass is 16.5. The maximum absolute atomic E-state index is 11.5. The topological polar surface area (TPSA) is 72.6 Å². The Hall–Kier alpha value is -3.08. The molecule has 30 heavy (non-hydrogen) atoms. The van der Waals surface area contributed by atoms with Gasteiger partial charge in [0.1, 0.15) is 11.5 Å². The fraction of sp³-hybridized carbons (Fsp3) is 0.360. The van der Waals surface area contributed by atoms with Gasteiger partial charge in [-0.3, -0.25) is 4.79 Å². The summed E-state index contributed by atoms with van der Waals surface area (Å²) in [7, 11) is 0. The van der Waals surface area contributed by atoms with Crippen LogP contribution in [0.1, 0.15) is 41.8 Å². The van der Waals surface area contributed by atoms with Crippen molar-refractivity contribution in [1.82, 2.24) is 4.98 Å². The normalized spacial score (nSPS) is 14.9. The van der Waals surface area contributed by atoms with Crippen molar-refractivity contribution in [2.24, 2.45) is 5.41 Å². The minimum absolute atomic E-state index is 0.499. The predicted molar refractivity (Wildman–Crippen MR) is 115 cm³/mol. The number of aryl methyl sites for hydroxylation is 2. The first-order chi connectivity index (χ1) is 14.4. The summed E-state index contributed by atoms with van der Waals surface area (Å²) in [5.74, 6) is 1.54. The van der Waals surface area contributed by atoms with E-state index in [4.69, 9.17) is 9.15 Å². The molecule has 0 amide bonds. The van der Waals surface area contributed by atoms with Gasteiger partial charge in [0.15, 0.2) is 0 Å².